The van der Waals surface area contributed by atoms with E-state index in [1.54, 1.807) is 6.20 Å². The molecular formula is C11H17N3O. The minimum atomic E-state index is -0.153. The molecule has 0 radical (unpaired) electrons. The first kappa shape index (κ1) is 10.4. The Labute approximate surface area is 89.6 Å². The fourth-order valence-corrected chi connectivity index (χ4v) is 1.96. The number of nitrogens with two attached hydrogens (primary N) is 2. The van der Waals surface area contributed by atoms with Crippen LogP contribution in [-0.4, -0.2) is 17.7 Å². The predicted octanol–water partition coefficient (Wildman–Crippen LogP) is 1.15. The normalized spacial score (nSPS) is 22.9. The number of hydrogen-bond donors (Lipinski definition) is 2. The monoisotopic (exact) mass is 207 g/mol. The van der Waals surface area contributed by atoms with Crippen LogP contribution in [0.25, 0.3) is 0 Å². The van der Waals surface area contributed by atoms with Crippen LogP contribution in [0.5, 0.6) is 0 Å². The summed E-state index contributed by atoms with van der Waals surface area (Å²) in [6.45, 7) is 2.79. The molecule has 15 heavy (non-hydrogen) atoms. The molecule has 0 saturated carbocycles. The van der Waals surface area contributed by atoms with Gasteiger partial charge in [0.2, 0.25) is 0 Å². The molecular weight excluding hydrogens is 190 g/mol. The lowest BCUT2D eigenvalue weighted by Gasteiger charge is -2.20. The molecule has 4 heteroatoms. The minimum Gasteiger partial charge on any atom is -0.383 e. The van der Waals surface area contributed by atoms with Gasteiger partial charge in [-0.2, -0.15) is 0 Å². The number of nitrogen functional groups attached to an aromatic ring is 1. The lowest BCUT2D eigenvalue weighted by molar-refractivity contribution is 0.0901. The number of aryl methyl sites for hydroxylation is 1. The third-order valence-corrected chi connectivity index (χ3v) is 2.81. The fourth-order valence-electron chi connectivity index (χ4n) is 1.96. The Morgan fingerprint density at radius 1 is 1.60 bits per heavy atom. The molecule has 1 fully saturated rings. The van der Waals surface area contributed by atoms with Crippen molar-refractivity contribution in [3.05, 3.63) is 23.4 Å². The summed E-state index contributed by atoms with van der Waals surface area (Å²) < 4.78 is 5.56. The Bertz CT molecular complexity index is 348. The molecule has 4 N–H and O–H groups in total. The zero-order valence-electron chi connectivity index (χ0n) is 8.94. The summed E-state index contributed by atoms with van der Waals surface area (Å²) in [6, 6.07) is 1.84. The van der Waals surface area contributed by atoms with Gasteiger partial charge in [0, 0.05) is 18.4 Å². The van der Waals surface area contributed by atoms with Crippen molar-refractivity contribution >= 4 is 5.82 Å². The van der Waals surface area contributed by atoms with Gasteiger partial charge in [0.1, 0.15) is 5.82 Å². The van der Waals surface area contributed by atoms with Crippen molar-refractivity contribution in [1.82, 2.24) is 4.98 Å². The number of rotatable bonds is 2. The SMILES string of the molecule is Cc1cnc(N)c(C(N)C2CCCO2)c1. The topological polar surface area (TPSA) is 74.2 Å². The number of pyridine rings is 1. The van der Waals surface area contributed by atoms with Gasteiger partial charge < -0.3 is 16.2 Å². The minimum absolute atomic E-state index is 0.0934. The molecule has 2 atom stereocenters. The Kier molecular flexibility index (Phi) is 2.88. The largest absolute Gasteiger partial charge is 0.383 e. The summed E-state index contributed by atoms with van der Waals surface area (Å²) in [6.07, 6.45) is 3.93. The zero-order chi connectivity index (χ0) is 10.8. The lowest BCUT2D eigenvalue weighted by atomic mass is 10.00. The number of ether oxygens (including phenoxy) is 1. The van der Waals surface area contributed by atoms with Gasteiger partial charge in [-0.05, 0) is 31.4 Å². The van der Waals surface area contributed by atoms with E-state index in [-0.39, 0.29) is 12.1 Å². The van der Waals surface area contributed by atoms with E-state index >= 15 is 0 Å². The second kappa shape index (κ2) is 4.16. The molecule has 1 aliphatic heterocycles. The van der Waals surface area contributed by atoms with Crippen molar-refractivity contribution in [3.8, 4) is 0 Å². The van der Waals surface area contributed by atoms with E-state index < -0.39 is 0 Å². The van der Waals surface area contributed by atoms with Crippen LogP contribution < -0.4 is 11.5 Å². The van der Waals surface area contributed by atoms with Crippen molar-refractivity contribution in [1.29, 1.82) is 0 Å². The van der Waals surface area contributed by atoms with Crippen LogP contribution in [0.2, 0.25) is 0 Å². The lowest BCUT2D eigenvalue weighted by Crippen LogP contribution is -2.26. The standard InChI is InChI=1S/C11H17N3O/c1-7-5-8(11(13)14-6-7)10(12)9-3-2-4-15-9/h5-6,9-10H,2-4,12H2,1H3,(H2,13,14). The highest BCUT2D eigenvalue weighted by Crippen LogP contribution is 2.27. The Morgan fingerprint density at radius 3 is 3.07 bits per heavy atom. The first-order chi connectivity index (χ1) is 7.18. The molecule has 2 rings (SSSR count). The quantitative estimate of drug-likeness (QED) is 0.763. The van der Waals surface area contributed by atoms with Gasteiger partial charge in [-0.3, -0.25) is 0 Å². The Balaban J connectivity index is 2.23. The van der Waals surface area contributed by atoms with E-state index in [0.717, 1.165) is 30.6 Å². The van der Waals surface area contributed by atoms with Crippen LogP contribution in [0, 0.1) is 6.92 Å². The van der Waals surface area contributed by atoms with E-state index in [9.17, 15) is 0 Å². The summed E-state index contributed by atoms with van der Waals surface area (Å²) in [4.78, 5) is 4.11. The molecule has 0 bridgehead atoms. The van der Waals surface area contributed by atoms with Crippen molar-refractivity contribution in [2.24, 2.45) is 5.73 Å². The third-order valence-electron chi connectivity index (χ3n) is 2.81. The van der Waals surface area contributed by atoms with Gasteiger partial charge in [-0.15, -0.1) is 0 Å². The van der Waals surface area contributed by atoms with Crippen LogP contribution in [0.4, 0.5) is 5.82 Å². The third kappa shape index (κ3) is 2.11. The van der Waals surface area contributed by atoms with E-state index in [2.05, 4.69) is 4.98 Å². The maximum atomic E-state index is 6.12. The molecule has 4 nitrogen and oxygen atoms in total. The molecule has 0 aromatic carbocycles. The van der Waals surface area contributed by atoms with E-state index in [1.807, 2.05) is 13.0 Å². The molecule has 0 amide bonds. The van der Waals surface area contributed by atoms with Crippen molar-refractivity contribution in [3.63, 3.8) is 0 Å². The van der Waals surface area contributed by atoms with Gasteiger partial charge >= 0.3 is 0 Å². The maximum absolute atomic E-state index is 6.12. The molecule has 0 spiro atoms. The van der Waals surface area contributed by atoms with Crippen molar-refractivity contribution < 1.29 is 4.74 Å². The first-order valence-corrected chi connectivity index (χ1v) is 5.27. The maximum Gasteiger partial charge on any atom is 0.128 e. The number of hydrogen-bond acceptors (Lipinski definition) is 4. The predicted molar refractivity (Wildman–Crippen MR) is 59.3 cm³/mol. The zero-order valence-corrected chi connectivity index (χ0v) is 8.94. The number of anilines is 1. The average molecular weight is 207 g/mol. The molecule has 2 unspecified atom stereocenters. The summed E-state index contributed by atoms with van der Waals surface area (Å²) >= 11 is 0. The summed E-state index contributed by atoms with van der Waals surface area (Å²) in [5.41, 5.74) is 13.9. The number of nitrogens with zero attached hydrogens (tertiary/aromatic N) is 1. The smallest absolute Gasteiger partial charge is 0.128 e. The Hall–Kier alpha value is -1.13. The van der Waals surface area contributed by atoms with Crippen LogP contribution >= 0.6 is 0 Å². The highest BCUT2D eigenvalue weighted by atomic mass is 16.5. The van der Waals surface area contributed by atoms with Gasteiger partial charge in [-0.1, -0.05) is 0 Å². The number of aromatic nitrogens is 1. The molecule has 2 heterocycles. The van der Waals surface area contributed by atoms with Gasteiger partial charge in [0.15, 0.2) is 0 Å². The van der Waals surface area contributed by atoms with Gasteiger partial charge in [0.25, 0.3) is 0 Å². The molecule has 0 aliphatic carbocycles. The van der Waals surface area contributed by atoms with Gasteiger partial charge in [-0.25, -0.2) is 4.98 Å². The fraction of sp³-hybridized carbons (Fsp3) is 0.545. The van der Waals surface area contributed by atoms with Crippen LogP contribution in [0.1, 0.15) is 30.0 Å². The molecule has 1 aliphatic rings. The van der Waals surface area contributed by atoms with Crippen molar-refractivity contribution in [2.45, 2.75) is 31.9 Å². The molecule has 1 aromatic rings. The van der Waals surface area contributed by atoms with E-state index in [1.165, 1.54) is 0 Å². The first-order valence-electron chi connectivity index (χ1n) is 5.27. The van der Waals surface area contributed by atoms with E-state index in [4.69, 9.17) is 16.2 Å². The van der Waals surface area contributed by atoms with Crippen LogP contribution in [-0.2, 0) is 4.74 Å². The molecule has 82 valence electrons. The van der Waals surface area contributed by atoms with Crippen LogP contribution in [0.15, 0.2) is 12.3 Å². The second-order valence-electron chi connectivity index (χ2n) is 4.06. The second-order valence-corrected chi connectivity index (χ2v) is 4.06. The Morgan fingerprint density at radius 2 is 2.40 bits per heavy atom. The summed E-state index contributed by atoms with van der Waals surface area (Å²) in [5, 5.41) is 0. The highest BCUT2D eigenvalue weighted by molar-refractivity contribution is 5.43. The average Bonchev–Trinajstić information content (AvgIpc) is 2.74. The molecule has 1 saturated heterocycles. The summed E-state index contributed by atoms with van der Waals surface area (Å²) in [7, 11) is 0. The highest BCUT2D eigenvalue weighted by Gasteiger charge is 2.25. The van der Waals surface area contributed by atoms with Gasteiger partial charge in [0.05, 0.1) is 12.1 Å². The van der Waals surface area contributed by atoms with E-state index in [0.29, 0.717) is 5.82 Å². The van der Waals surface area contributed by atoms with Crippen molar-refractivity contribution in [2.75, 3.05) is 12.3 Å². The molecule has 1 aromatic heterocycles. The summed E-state index contributed by atoms with van der Waals surface area (Å²) in [5.74, 6) is 0.517. The van der Waals surface area contributed by atoms with Crippen LogP contribution in [0.3, 0.4) is 0 Å².